The molecule has 0 radical (unpaired) electrons. The third-order valence-corrected chi connectivity index (χ3v) is 2.53. The molecular weight excluding hydrogens is 298 g/mol. The average molecular weight is 315 g/mol. The van der Waals surface area contributed by atoms with E-state index in [0.29, 0.717) is 5.56 Å². The van der Waals surface area contributed by atoms with Crippen LogP contribution < -0.4 is 10.6 Å². The lowest BCUT2D eigenvalue weighted by Gasteiger charge is -2.09. The summed E-state index contributed by atoms with van der Waals surface area (Å²) < 4.78 is 4.85. The number of carbonyl (C=O) groups excluding carboxylic acids is 3. The van der Waals surface area contributed by atoms with Crippen molar-refractivity contribution in [3.63, 3.8) is 0 Å². The highest BCUT2D eigenvalue weighted by Crippen LogP contribution is 2.06. The Balaban J connectivity index is 2.66. The maximum absolute atomic E-state index is 12.0. The largest absolute Gasteiger partial charge is 0.451 e. The number of nitrogens with zero attached hydrogens (tertiary/aromatic N) is 1. The van der Waals surface area contributed by atoms with Crippen LogP contribution in [0.5, 0.6) is 0 Å². The molecule has 0 heterocycles. The highest BCUT2D eigenvalue weighted by molar-refractivity contribution is 5.98. The first kappa shape index (κ1) is 17.9. The van der Waals surface area contributed by atoms with Crippen LogP contribution in [0.15, 0.2) is 36.0 Å². The molecule has 1 aromatic carbocycles. The predicted molar refractivity (Wildman–Crippen MR) is 82.4 cm³/mol. The summed E-state index contributed by atoms with van der Waals surface area (Å²) in [5, 5.41) is 13.2. The van der Waals surface area contributed by atoms with Gasteiger partial charge in [0.15, 0.2) is 6.61 Å². The minimum atomic E-state index is -0.820. The average Bonchev–Trinajstić information content (AvgIpc) is 2.53. The fourth-order valence-corrected chi connectivity index (χ4v) is 1.57. The number of amides is 2. The highest BCUT2D eigenvalue weighted by atomic mass is 16.5. The van der Waals surface area contributed by atoms with Gasteiger partial charge >= 0.3 is 5.97 Å². The predicted octanol–water partition coefficient (Wildman–Crippen LogP) is 0.737. The van der Waals surface area contributed by atoms with E-state index in [1.54, 1.807) is 24.3 Å². The summed E-state index contributed by atoms with van der Waals surface area (Å²) in [5.74, 6) is -1.77. The first-order chi connectivity index (χ1) is 11.0. The standard InChI is InChI=1S/C16H17N3O4/c1-12(20)19-14(10-13-6-3-2-4-7-13)16(22)23-11-15(21)18-9-5-8-17/h2-4,6-7,10H,5,9,11H2,1H3,(H,18,21)(H,19,20)/b14-10-. The van der Waals surface area contributed by atoms with Gasteiger partial charge in [-0.3, -0.25) is 9.59 Å². The lowest BCUT2D eigenvalue weighted by molar-refractivity contribution is -0.145. The van der Waals surface area contributed by atoms with Gasteiger partial charge in [-0.25, -0.2) is 4.79 Å². The zero-order valence-electron chi connectivity index (χ0n) is 12.7. The van der Waals surface area contributed by atoms with Crippen LogP contribution in [0.1, 0.15) is 18.9 Å². The van der Waals surface area contributed by atoms with Gasteiger partial charge in [-0.2, -0.15) is 5.26 Å². The molecule has 0 atom stereocenters. The number of hydrogen-bond donors (Lipinski definition) is 2. The lowest BCUT2D eigenvalue weighted by Crippen LogP contribution is -2.32. The molecule has 23 heavy (non-hydrogen) atoms. The molecule has 7 nitrogen and oxygen atoms in total. The Hall–Kier alpha value is -3.14. The molecule has 2 amide bonds. The van der Waals surface area contributed by atoms with Crippen molar-refractivity contribution in [1.82, 2.24) is 10.6 Å². The molecule has 1 rings (SSSR count). The van der Waals surface area contributed by atoms with Crippen molar-refractivity contribution in [3.8, 4) is 6.07 Å². The Bertz CT molecular complexity index is 632. The molecule has 0 aromatic heterocycles. The monoisotopic (exact) mass is 315 g/mol. The van der Waals surface area contributed by atoms with Crippen molar-refractivity contribution in [2.24, 2.45) is 0 Å². The fraction of sp³-hybridized carbons (Fsp3) is 0.250. The summed E-state index contributed by atoms with van der Waals surface area (Å²) in [7, 11) is 0. The van der Waals surface area contributed by atoms with Crippen molar-refractivity contribution >= 4 is 23.9 Å². The molecule has 0 saturated carbocycles. The van der Waals surface area contributed by atoms with Crippen LogP contribution in [0.25, 0.3) is 6.08 Å². The molecule has 7 heteroatoms. The summed E-state index contributed by atoms with van der Waals surface area (Å²) in [5.41, 5.74) is 0.639. The second-order valence-corrected chi connectivity index (χ2v) is 4.48. The normalized spacial score (nSPS) is 10.3. The number of esters is 1. The second kappa shape index (κ2) is 9.73. The topological polar surface area (TPSA) is 108 Å². The second-order valence-electron chi connectivity index (χ2n) is 4.48. The summed E-state index contributed by atoms with van der Waals surface area (Å²) in [4.78, 5) is 34.6. The molecule has 0 saturated heterocycles. The van der Waals surface area contributed by atoms with Crippen LogP contribution in [0.2, 0.25) is 0 Å². The van der Waals surface area contributed by atoms with Crippen LogP contribution in [0, 0.1) is 11.3 Å². The molecular formula is C16H17N3O4. The summed E-state index contributed by atoms with van der Waals surface area (Å²) in [6.07, 6.45) is 1.63. The molecule has 0 aliphatic rings. The van der Waals surface area contributed by atoms with Gasteiger partial charge in [-0.05, 0) is 11.6 Å². The van der Waals surface area contributed by atoms with E-state index in [-0.39, 0.29) is 18.7 Å². The molecule has 2 N–H and O–H groups in total. The van der Waals surface area contributed by atoms with Crippen LogP contribution in [0.4, 0.5) is 0 Å². The Labute approximate surface area is 133 Å². The Morgan fingerprint density at radius 3 is 2.57 bits per heavy atom. The summed E-state index contributed by atoms with van der Waals surface area (Å²) in [6, 6.07) is 10.8. The Morgan fingerprint density at radius 2 is 1.96 bits per heavy atom. The van der Waals surface area contributed by atoms with E-state index in [9.17, 15) is 14.4 Å². The number of rotatable bonds is 7. The maximum atomic E-state index is 12.0. The lowest BCUT2D eigenvalue weighted by atomic mass is 10.2. The summed E-state index contributed by atoms with van der Waals surface area (Å²) in [6.45, 7) is 0.960. The van der Waals surface area contributed by atoms with E-state index >= 15 is 0 Å². The Kier molecular flexibility index (Phi) is 7.58. The maximum Gasteiger partial charge on any atom is 0.355 e. The van der Waals surface area contributed by atoms with Gasteiger partial charge in [0.2, 0.25) is 5.91 Å². The van der Waals surface area contributed by atoms with Gasteiger partial charge < -0.3 is 15.4 Å². The smallest absolute Gasteiger partial charge is 0.355 e. The van der Waals surface area contributed by atoms with E-state index in [0.717, 1.165) is 0 Å². The van der Waals surface area contributed by atoms with Gasteiger partial charge in [0.25, 0.3) is 5.91 Å². The quantitative estimate of drug-likeness (QED) is 0.438. The Morgan fingerprint density at radius 1 is 1.26 bits per heavy atom. The third-order valence-electron chi connectivity index (χ3n) is 2.53. The minimum absolute atomic E-state index is 0.0616. The number of benzene rings is 1. The SMILES string of the molecule is CC(=O)N/C(=C\c1ccccc1)C(=O)OCC(=O)NCCC#N. The van der Waals surface area contributed by atoms with Gasteiger partial charge in [0.05, 0.1) is 12.5 Å². The molecule has 0 bridgehead atoms. The van der Waals surface area contributed by atoms with Gasteiger partial charge in [-0.1, -0.05) is 30.3 Å². The highest BCUT2D eigenvalue weighted by Gasteiger charge is 2.14. The van der Waals surface area contributed by atoms with E-state index in [4.69, 9.17) is 10.00 Å². The molecule has 0 fully saturated rings. The van der Waals surface area contributed by atoms with Gasteiger partial charge in [-0.15, -0.1) is 0 Å². The zero-order valence-corrected chi connectivity index (χ0v) is 12.7. The van der Waals surface area contributed by atoms with E-state index in [1.165, 1.54) is 13.0 Å². The minimum Gasteiger partial charge on any atom is -0.451 e. The molecule has 0 spiro atoms. The van der Waals surface area contributed by atoms with E-state index in [2.05, 4.69) is 10.6 Å². The first-order valence-corrected chi connectivity index (χ1v) is 6.88. The number of hydrogen-bond acceptors (Lipinski definition) is 5. The van der Waals surface area contributed by atoms with Crippen molar-refractivity contribution in [1.29, 1.82) is 5.26 Å². The van der Waals surface area contributed by atoms with E-state index in [1.807, 2.05) is 12.1 Å². The third kappa shape index (κ3) is 7.43. The van der Waals surface area contributed by atoms with Crippen LogP contribution in [0.3, 0.4) is 0 Å². The number of ether oxygens (including phenoxy) is 1. The molecule has 120 valence electrons. The van der Waals surface area contributed by atoms with Crippen molar-refractivity contribution in [3.05, 3.63) is 41.6 Å². The summed E-state index contributed by atoms with van der Waals surface area (Å²) >= 11 is 0. The zero-order chi connectivity index (χ0) is 17.1. The van der Waals surface area contributed by atoms with Crippen molar-refractivity contribution in [2.45, 2.75) is 13.3 Å². The molecule has 0 aliphatic heterocycles. The number of carbonyl (C=O) groups is 3. The van der Waals surface area contributed by atoms with Crippen LogP contribution in [-0.2, 0) is 19.1 Å². The first-order valence-electron chi connectivity index (χ1n) is 6.88. The van der Waals surface area contributed by atoms with Crippen molar-refractivity contribution < 1.29 is 19.1 Å². The van der Waals surface area contributed by atoms with Crippen molar-refractivity contribution in [2.75, 3.05) is 13.2 Å². The molecule has 0 unspecified atom stereocenters. The van der Waals surface area contributed by atoms with Crippen LogP contribution >= 0.6 is 0 Å². The van der Waals surface area contributed by atoms with E-state index < -0.39 is 24.4 Å². The number of nitrogens with one attached hydrogen (secondary N) is 2. The van der Waals surface area contributed by atoms with Crippen LogP contribution in [-0.4, -0.2) is 30.9 Å². The molecule has 0 aliphatic carbocycles. The number of nitriles is 1. The fourth-order valence-electron chi connectivity index (χ4n) is 1.57. The van der Waals surface area contributed by atoms with Gasteiger partial charge in [0.1, 0.15) is 5.70 Å². The van der Waals surface area contributed by atoms with Gasteiger partial charge in [0, 0.05) is 13.5 Å². The molecule has 1 aromatic rings.